The van der Waals surface area contributed by atoms with Crippen molar-refractivity contribution in [2.24, 2.45) is 0 Å². The summed E-state index contributed by atoms with van der Waals surface area (Å²) in [5.74, 6) is -0.197. The van der Waals surface area contributed by atoms with Gasteiger partial charge >= 0.3 is 0 Å². The summed E-state index contributed by atoms with van der Waals surface area (Å²) in [6, 6.07) is -0.883. The molecule has 0 saturated heterocycles. The highest BCUT2D eigenvalue weighted by Crippen LogP contribution is 2.38. The van der Waals surface area contributed by atoms with Gasteiger partial charge in [-0.2, -0.15) is 0 Å². The second-order valence-corrected chi connectivity index (χ2v) is 22.4. The van der Waals surface area contributed by atoms with Crippen LogP contribution >= 0.6 is 7.82 Å². The van der Waals surface area contributed by atoms with Crippen LogP contribution in [0.25, 0.3) is 0 Å². The number of aliphatic hydroxyl groups is 1. The lowest BCUT2D eigenvalue weighted by Gasteiger charge is -2.29. The van der Waals surface area contributed by atoms with Crippen molar-refractivity contribution in [3.05, 3.63) is 48.6 Å². The Morgan fingerprint density at radius 1 is 0.515 bits per heavy atom. The maximum absolute atomic E-state index is 12.9. The zero-order valence-electron chi connectivity index (χ0n) is 45.6. The van der Waals surface area contributed by atoms with Gasteiger partial charge in [-0.1, -0.05) is 255 Å². The lowest BCUT2D eigenvalue weighted by molar-refractivity contribution is -0.870. The van der Waals surface area contributed by atoms with Gasteiger partial charge < -0.3 is 28.8 Å². The molecule has 0 bridgehead atoms. The van der Waals surface area contributed by atoms with E-state index in [4.69, 9.17) is 9.05 Å². The van der Waals surface area contributed by atoms with E-state index in [2.05, 4.69) is 55.6 Å². The van der Waals surface area contributed by atoms with Crippen molar-refractivity contribution in [2.45, 2.75) is 283 Å². The lowest BCUT2D eigenvalue weighted by atomic mass is 10.0. The third kappa shape index (κ3) is 52.3. The number of phosphoric acid groups is 1. The predicted molar refractivity (Wildman–Crippen MR) is 293 cm³/mol. The normalized spacial score (nSPS) is 14.3. The standard InChI is InChI=1S/C59H113N2O6P/c1-6-8-10-12-14-16-17-18-19-20-21-22-23-24-25-26-27-28-29-30-31-32-33-34-35-36-37-38-39-40-41-42-43-45-47-49-51-53-59(63)60-57(56-67-68(64,65)66-55-54-61(3,4)5)58(62)52-50-48-46-44-15-13-11-9-7-2/h17-18,20-21,23-24,50,52,57-58,62H,6-16,19,22,25-49,51,53-56H2,1-5H3,(H-,60,63,64,65)/b18-17-,21-20-,24-23-,52-50+. The van der Waals surface area contributed by atoms with Crippen LogP contribution in [0.1, 0.15) is 271 Å². The van der Waals surface area contributed by atoms with Crippen LogP contribution in [0.15, 0.2) is 48.6 Å². The highest BCUT2D eigenvalue weighted by Gasteiger charge is 2.23. The van der Waals surface area contributed by atoms with Gasteiger partial charge in [-0.3, -0.25) is 9.36 Å². The number of phosphoric ester groups is 1. The number of rotatable bonds is 53. The SMILES string of the molecule is CCCCCCC/C=C\C/C=C\C/C=C\CCCCCCCCCCCCCCCCCCCCCCCCC(=O)NC(COP(=O)([O-])OCC[N+](C)(C)C)C(O)/C=C/CCCCCCCCC. The Morgan fingerprint density at radius 3 is 1.24 bits per heavy atom. The fraction of sp³-hybridized carbons (Fsp3) is 0.847. The summed E-state index contributed by atoms with van der Waals surface area (Å²) in [5.41, 5.74) is 0. The Bertz CT molecular complexity index is 1250. The number of quaternary nitrogens is 1. The van der Waals surface area contributed by atoms with Crippen LogP contribution in [0.4, 0.5) is 0 Å². The molecular formula is C59H113N2O6P. The highest BCUT2D eigenvalue weighted by atomic mass is 31.2. The van der Waals surface area contributed by atoms with Crippen molar-refractivity contribution in [1.82, 2.24) is 5.32 Å². The first kappa shape index (κ1) is 66.5. The molecule has 0 aromatic carbocycles. The number of carbonyl (C=O) groups excluding carboxylic acids is 1. The topological polar surface area (TPSA) is 108 Å². The fourth-order valence-electron chi connectivity index (χ4n) is 8.46. The van der Waals surface area contributed by atoms with Crippen molar-refractivity contribution in [1.29, 1.82) is 0 Å². The minimum atomic E-state index is -4.58. The summed E-state index contributed by atoms with van der Waals surface area (Å²) in [6.45, 7) is 4.62. The van der Waals surface area contributed by atoms with E-state index < -0.39 is 20.0 Å². The molecule has 400 valence electrons. The van der Waals surface area contributed by atoms with E-state index in [1.165, 1.54) is 199 Å². The quantitative estimate of drug-likeness (QED) is 0.0272. The molecule has 3 atom stereocenters. The Balaban J connectivity index is 3.85. The smallest absolute Gasteiger partial charge is 0.268 e. The number of likely N-dealkylation sites (N-methyl/N-ethyl adjacent to an activating group) is 1. The molecule has 9 heteroatoms. The Labute approximate surface area is 422 Å². The first-order valence-corrected chi connectivity index (χ1v) is 30.5. The van der Waals surface area contributed by atoms with Crippen LogP contribution in [0.3, 0.4) is 0 Å². The maximum atomic E-state index is 12.9. The number of nitrogens with zero attached hydrogens (tertiary/aromatic N) is 1. The van der Waals surface area contributed by atoms with Crippen LogP contribution in [0, 0.1) is 0 Å². The Morgan fingerprint density at radius 2 is 0.853 bits per heavy atom. The second kappa shape index (κ2) is 50.4. The Hall–Kier alpha value is -1.54. The zero-order chi connectivity index (χ0) is 49.9. The molecule has 0 radical (unpaired) electrons. The lowest BCUT2D eigenvalue weighted by Crippen LogP contribution is -2.45. The van der Waals surface area contributed by atoms with E-state index in [0.717, 1.165) is 51.4 Å². The third-order valence-electron chi connectivity index (χ3n) is 13.0. The molecular weight excluding hydrogens is 864 g/mol. The summed E-state index contributed by atoms with van der Waals surface area (Å²) in [6.07, 6.45) is 66.5. The van der Waals surface area contributed by atoms with Crippen molar-refractivity contribution in [3.63, 3.8) is 0 Å². The van der Waals surface area contributed by atoms with Gasteiger partial charge in [0.15, 0.2) is 0 Å². The molecule has 0 aliphatic carbocycles. The number of nitrogens with one attached hydrogen (secondary N) is 1. The monoisotopic (exact) mass is 977 g/mol. The Kier molecular flexibility index (Phi) is 49.3. The van der Waals surface area contributed by atoms with Crippen LogP contribution in [0.5, 0.6) is 0 Å². The molecule has 0 aliphatic heterocycles. The summed E-state index contributed by atoms with van der Waals surface area (Å²) >= 11 is 0. The molecule has 0 aromatic heterocycles. The van der Waals surface area contributed by atoms with Gasteiger partial charge in [0.25, 0.3) is 7.82 Å². The molecule has 0 rings (SSSR count). The summed E-state index contributed by atoms with van der Waals surface area (Å²) in [4.78, 5) is 25.3. The molecule has 3 unspecified atom stereocenters. The highest BCUT2D eigenvalue weighted by molar-refractivity contribution is 7.45. The van der Waals surface area contributed by atoms with Crippen molar-refractivity contribution < 1.29 is 32.9 Å². The summed E-state index contributed by atoms with van der Waals surface area (Å²) < 4.78 is 23.2. The summed E-state index contributed by atoms with van der Waals surface area (Å²) in [7, 11) is 1.27. The first-order chi connectivity index (χ1) is 33.0. The van der Waals surface area contributed by atoms with E-state index in [0.29, 0.717) is 17.4 Å². The number of amides is 1. The molecule has 2 N–H and O–H groups in total. The number of hydrogen-bond acceptors (Lipinski definition) is 6. The van der Waals surface area contributed by atoms with Crippen molar-refractivity contribution in [2.75, 3.05) is 40.9 Å². The van der Waals surface area contributed by atoms with Crippen LogP contribution in [0.2, 0.25) is 0 Å². The van der Waals surface area contributed by atoms with E-state index >= 15 is 0 Å². The van der Waals surface area contributed by atoms with Crippen LogP contribution in [-0.2, 0) is 18.4 Å². The number of aliphatic hydroxyl groups excluding tert-OH is 1. The van der Waals surface area contributed by atoms with Gasteiger partial charge in [0.1, 0.15) is 13.2 Å². The minimum absolute atomic E-state index is 0.000323. The molecule has 0 aliphatic rings. The maximum Gasteiger partial charge on any atom is 0.268 e. The zero-order valence-corrected chi connectivity index (χ0v) is 46.5. The van der Waals surface area contributed by atoms with Crippen LogP contribution in [-0.4, -0.2) is 68.5 Å². The van der Waals surface area contributed by atoms with E-state index in [-0.39, 0.29) is 19.1 Å². The van der Waals surface area contributed by atoms with Gasteiger partial charge in [-0.15, -0.1) is 0 Å². The number of unbranched alkanes of at least 4 members (excludes halogenated alkanes) is 34. The van der Waals surface area contributed by atoms with Gasteiger partial charge in [-0.25, -0.2) is 0 Å². The first-order valence-electron chi connectivity index (χ1n) is 29.0. The molecule has 0 aromatic rings. The van der Waals surface area contributed by atoms with Gasteiger partial charge in [0, 0.05) is 6.42 Å². The van der Waals surface area contributed by atoms with Gasteiger partial charge in [-0.05, 0) is 57.8 Å². The van der Waals surface area contributed by atoms with E-state index in [1.54, 1.807) is 6.08 Å². The molecule has 68 heavy (non-hydrogen) atoms. The average Bonchev–Trinajstić information content (AvgIpc) is 3.30. The van der Waals surface area contributed by atoms with Crippen molar-refractivity contribution >= 4 is 13.7 Å². The van der Waals surface area contributed by atoms with Crippen LogP contribution < -0.4 is 10.2 Å². The van der Waals surface area contributed by atoms with E-state index in [9.17, 15) is 19.4 Å². The number of carbonyl (C=O) groups is 1. The molecule has 0 fully saturated rings. The average molecular weight is 978 g/mol. The van der Waals surface area contributed by atoms with Gasteiger partial charge in [0.05, 0.1) is 39.9 Å². The molecule has 8 nitrogen and oxygen atoms in total. The number of hydrogen-bond donors (Lipinski definition) is 2. The van der Waals surface area contributed by atoms with Gasteiger partial charge in [0.2, 0.25) is 5.91 Å². The fourth-order valence-corrected chi connectivity index (χ4v) is 9.18. The van der Waals surface area contributed by atoms with E-state index in [1.807, 2.05) is 27.2 Å². The molecule has 1 amide bonds. The number of allylic oxidation sites excluding steroid dienone is 7. The minimum Gasteiger partial charge on any atom is -0.756 e. The molecule has 0 spiro atoms. The second-order valence-electron chi connectivity index (χ2n) is 21.0. The largest absolute Gasteiger partial charge is 0.756 e. The molecule has 0 saturated carbocycles. The predicted octanol–water partition coefficient (Wildman–Crippen LogP) is 16.9. The summed E-state index contributed by atoms with van der Waals surface area (Å²) in [5, 5.41) is 13.8. The van der Waals surface area contributed by atoms with Crippen molar-refractivity contribution in [3.8, 4) is 0 Å². The molecule has 0 heterocycles. The third-order valence-corrected chi connectivity index (χ3v) is 14.0.